The number of β-amino-alcohol motifs (C(OH)–C–C–N with tert-alkyl or cyclic N) is 2. The number of piperazine rings is 1. The van der Waals surface area contributed by atoms with Crippen molar-refractivity contribution in [2.45, 2.75) is 39.9 Å². The number of benzene rings is 2. The molecule has 0 aliphatic carbocycles. The summed E-state index contributed by atoms with van der Waals surface area (Å²) in [6.07, 6.45) is -1.38. The lowest BCUT2D eigenvalue weighted by atomic mass is 10.1. The van der Waals surface area contributed by atoms with Gasteiger partial charge in [0.15, 0.2) is 0 Å². The van der Waals surface area contributed by atoms with Crippen LogP contribution >= 0.6 is 0 Å². The summed E-state index contributed by atoms with van der Waals surface area (Å²) in [5.74, 6) is 0.444. The number of carbonyl (C=O) groups excluding carboxylic acids is 2. The first kappa shape index (κ1) is 35.2. The van der Waals surface area contributed by atoms with Crippen LogP contribution in [0.1, 0.15) is 46.0 Å². The number of hydrogen-bond acceptors (Lipinski definition) is 10. The zero-order valence-electron chi connectivity index (χ0n) is 28.8. The van der Waals surface area contributed by atoms with Gasteiger partial charge in [-0.1, -0.05) is 0 Å². The molecule has 5 rings (SSSR count). The lowest BCUT2D eigenvalue weighted by Gasteiger charge is -2.36. The Morgan fingerprint density at radius 3 is 1.42 bits per heavy atom. The van der Waals surface area contributed by atoms with E-state index in [0.29, 0.717) is 48.9 Å². The van der Waals surface area contributed by atoms with E-state index in [2.05, 4.69) is 9.80 Å². The van der Waals surface area contributed by atoms with Gasteiger partial charge in [-0.15, -0.1) is 0 Å². The standard InChI is InChI=1S/C36H48N4O8/c1-7-45-35(43)33-23(3)37(5)31-11-9-27(17-29(31)33)47-21-25(41)19-39-13-15-40(16-14-39)20-26(42)22-48-28-10-12-32-30(18-28)34(24(4)38(32)6)36(44)46-8-2/h9-12,17-18,25-26,41-42H,7-8,13-16,19-22H2,1-6H3/t25-,26+. The molecule has 12 nitrogen and oxygen atoms in total. The van der Waals surface area contributed by atoms with Crippen LogP contribution in [0.25, 0.3) is 21.8 Å². The van der Waals surface area contributed by atoms with Crippen molar-refractivity contribution in [2.24, 2.45) is 14.1 Å². The average molecular weight is 665 g/mol. The van der Waals surface area contributed by atoms with Gasteiger partial charge in [0.05, 0.1) is 24.3 Å². The molecule has 0 saturated carbocycles. The van der Waals surface area contributed by atoms with E-state index < -0.39 is 12.2 Å². The van der Waals surface area contributed by atoms with Gasteiger partial charge in [0, 0.05) is 86.6 Å². The Hall–Kier alpha value is -4.10. The third-order valence-corrected chi connectivity index (χ3v) is 9.17. The van der Waals surface area contributed by atoms with Crippen molar-refractivity contribution in [1.82, 2.24) is 18.9 Å². The van der Waals surface area contributed by atoms with Crippen LogP contribution in [0.2, 0.25) is 0 Å². The number of esters is 2. The average Bonchev–Trinajstić information content (AvgIpc) is 3.47. The van der Waals surface area contributed by atoms with E-state index >= 15 is 0 Å². The van der Waals surface area contributed by atoms with Gasteiger partial charge in [-0.3, -0.25) is 9.80 Å². The summed E-state index contributed by atoms with van der Waals surface area (Å²) in [5, 5.41) is 23.0. The lowest BCUT2D eigenvalue weighted by molar-refractivity contribution is 0.0241. The molecule has 2 aromatic heterocycles. The molecule has 0 amide bonds. The van der Waals surface area contributed by atoms with E-state index in [1.165, 1.54) is 0 Å². The molecule has 1 fully saturated rings. The number of nitrogens with zero attached hydrogens (tertiary/aromatic N) is 4. The Labute approximate surface area is 281 Å². The topological polar surface area (TPSA) is 128 Å². The predicted octanol–water partition coefficient (Wildman–Crippen LogP) is 3.44. The Bertz CT molecular complexity index is 1630. The Kier molecular flexibility index (Phi) is 11.3. The Balaban J connectivity index is 1.07. The summed E-state index contributed by atoms with van der Waals surface area (Å²) >= 11 is 0. The van der Waals surface area contributed by atoms with Gasteiger partial charge < -0.3 is 38.3 Å². The molecule has 2 aromatic carbocycles. The van der Waals surface area contributed by atoms with Crippen molar-refractivity contribution in [3.63, 3.8) is 0 Å². The number of ether oxygens (including phenoxy) is 4. The molecule has 0 bridgehead atoms. The molecule has 0 spiro atoms. The molecule has 1 aliphatic rings. The zero-order chi connectivity index (χ0) is 34.5. The number of carbonyl (C=O) groups is 2. The second-order valence-electron chi connectivity index (χ2n) is 12.4. The summed E-state index contributed by atoms with van der Waals surface area (Å²) in [4.78, 5) is 29.6. The smallest absolute Gasteiger partial charge is 0.340 e. The molecule has 3 heterocycles. The molecular formula is C36H48N4O8. The number of aliphatic hydroxyl groups is 2. The quantitative estimate of drug-likeness (QED) is 0.194. The van der Waals surface area contributed by atoms with Gasteiger partial charge in [-0.2, -0.15) is 0 Å². The van der Waals surface area contributed by atoms with Crippen LogP contribution in [0.15, 0.2) is 36.4 Å². The number of hydrogen-bond donors (Lipinski definition) is 2. The maximum atomic E-state index is 12.6. The number of aryl methyl sites for hydroxylation is 2. The lowest BCUT2D eigenvalue weighted by Crippen LogP contribution is -2.51. The normalized spacial score (nSPS) is 15.5. The van der Waals surface area contributed by atoms with E-state index in [-0.39, 0.29) is 25.2 Å². The van der Waals surface area contributed by atoms with Crippen molar-refractivity contribution in [3.8, 4) is 11.5 Å². The minimum Gasteiger partial charge on any atom is -0.491 e. The molecule has 1 aliphatic heterocycles. The van der Waals surface area contributed by atoms with E-state index in [4.69, 9.17) is 18.9 Å². The first-order valence-electron chi connectivity index (χ1n) is 16.6. The van der Waals surface area contributed by atoms with Crippen molar-refractivity contribution in [2.75, 3.05) is 65.7 Å². The van der Waals surface area contributed by atoms with Gasteiger partial charge in [0.2, 0.25) is 0 Å². The van der Waals surface area contributed by atoms with Gasteiger partial charge in [0.1, 0.15) is 36.9 Å². The first-order valence-corrected chi connectivity index (χ1v) is 16.6. The summed E-state index contributed by atoms with van der Waals surface area (Å²) in [6.45, 7) is 12.1. The van der Waals surface area contributed by atoms with Crippen LogP contribution in [0.5, 0.6) is 11.5 Å². The highest BCUT2D eigenvalue weighted by Crippen LogP contribution is 2.31. The van der Waals surface area contributed by atoms with Gasteiger partial charge >= 0.3 is 11.9 Å². The molecule has 48 heavy (non-hydrogen) atoms. The number of rotatable bonds is 14. The number of aliphatic hydroxyl groups excluding tert-OH is 2. The maximum Gasteiger partial charge on any atom is 0.340 e. The molecular weight excluding hydrogens is 616 g/mol. The van der Waals surface area contributed by atoms with E-state index in [1.807, 2.05) is 73.5 Å². The highest BCUT2D eigenvalue weighted by Gasteiger charge is 2.24. The summed E-state index contributed by atoms with van der Waals surface area (Å²) in [7, 11) is 3.83. The molecule has 0 unspecified atom stereocenters. The first-order chi connectivity index (χ1) is 23.0. The minimum absolute atomic E-state index is 0.123. The number of fused-ring (bicyclic) bond motifs is 2. The minimum atomic E-state index is -0.691. The predicted molar refractivity (Wildman–Crippen MR) is 183 cm³/mol. The van der Waals surface area contributed by atoms with Crippen LogP contribution in [-0.4, -0.2) is 119 Å². The molecule has 260 valence electrons. The van der Waals surface area contributed by atoms with Crippen molar-refractivity contribution in [3.05, 3.63) is 58.9 Å². The maximum absolute atomic E-state index is 12.6. The molecule has 12 heteroatoms. The Morgan fingerprint density at radius 2 is 1.06 bits per heavy atom. The molecule has 0 radical (unpaired) electrons. The highest BCUT2D eigenvalue weighted by atomic mass is 16.5. The summed E-state index contributed by atoms with van der Waals surface area (Å²) in [5.41, 5.74) is 4.53. The molecule has 4 aromatic rings. The van der Waals surface area contributed by atoms with Crippen LogP contribution in [0.3, 0.4) is 0 Å². The van der Waals surface area contributed by atoms with Gasteiger partial charge in [-0.05, 0) is 64.1 Å². The van der Waals surface area contributed by atoms with Crippen molar-refractivity contribution in [1.29, 1.82) is 0 Å². The van der Waals surface area contributed by atoms with Crippen molar-refractivity contribution >= 4 is 33.7 Å². The molecule has 2 N–H and O–H groups in total. The highest BCUT2D eigenvalue weighted by molar-refractivity contribution is 6.07. The van der Waals surface area contributed by atoms with Crippen LogP contribution in [0.4, 0.5) is 0 Å². The molecule has 1 saturated heterocycles. The summed E-state index contributed by atoms with van der Waals surface area (Å²) < 4.78 is 26.3. The second-order valence-corrected chi connectivity index (χ2v) is 12.4. The van der Waals surface area contributed by atoms with E-state index in [1.54, 1.807) is 13.8 Å². The van der Waals surface area contributed by atoms with Crippen molar-refractivity contribution < 1.29 is 38.7 Å². The fourth-order valence-electron chi connectivity index (χ4n) is 6.44. The summed E-state index contributed by atoms with van der Waals surface area (Å²) in [6, 6.07) is 11.2. The third kappa shape index (κ3) is 7.62. The van der Waals surface area contributed by atoms with Crippen LogP contribution in [0, 0.1) is 13.8 Å². The van der Waals surface area contributed by atoms with Crippen LogP contribution in [-0.2, 0) is 23.6 Å². The van der Waals surface area contributed by atoms with Crippen LogP contribution < -0.4 is 9.47 Å². The SMILES string of the molecule is CCOC(=O)c1c(C)n(C)c2ccc(OC[C@@H](O)CN3CCN(C[C@@H](O)COc4ccc5c(c4)c(C(=O)OCC)c(C)n5C)CC3)cc12. The van der Waals surface area contributed by atoms with E-state index in [0.717, 1.165) is 59.4 Å². The fourth-order valence-corrected chi connectivity index (χ4v) is 6.44. The monoisotopic (exact) mass is 664 g/mol. The number of aromatic nitrogens is 2. The Morgan fingerprint density at radius 1 is 0.688 bits per heavy atom. The van der Waals surface area contributed by atoms with E-state index in [9.17, 15) is 19.8 Å². The zero-order valence-corrected chi connectivity index (χ0v) is 28.8. The van der Waals surface area contributed by atoms with Gasteiger partial charge in [0.25, 0.3) is 0 Å². The largest absolute Gasteiger partial charge is 0.491 e. The third-order valence-electron chi connectivity index (χ3n) is 9.17. The van der Waals surface area contributed by atoms with Gasteiger partial charge in [-0.25, -0.2) is 9.59 Å². The fraction of sp³-hybridized carbons (Fsp3) is 0.500. The molecule has 2 atom stereocenters. The second kappa shape index (κ2) is 15.4.